The molecule has 15 heteroatoms. The van der Waals surface area contributed by atoms with Crippen molar-refractivity contribution in [3.8, 4) is 0 Å². The Morgan fingerprint density at radius 2 is 1.72 bits per heavy atom. The van der Waals surface area contributed by atoms with Crippen molar-refractivity contribution in [1.29, 1.82) is 0 Å². The number of fused-ring (bicyclic) bond motifs is 1. The lowest BCUT2D eigenvalue weighted by molar-refractivity contribution is -0.202. The molecular formula is C38H50O15. The summed E-state index contributed by atoms with van der Waals surface area (Å²) in [6.07, 6.45) is -6.04. The lowest BCUT2D eigenvalue weighted by Gasteiger charge is -2.55. The van der Waals surface area contributed by atoms with Crippen LogP contribution in [0.2, 0.25) is 0 Å². The smallest absolute Gasteiger partial charge is 0.348 e. The van der Waals surface area contributed by atoms with E-state index >= 15 is 0 Å². The highest BCUT2D eigenvalue weighted by molar-refractivity contribution is 5.79. The van der Waals surface area contributed by atoms with Crippen LogP contribution in [-0.4, -0.2) is 106 Å². The summed E-state index contributed by atoms with van der Waals surface area (Å²) in [5.74, 6) is -7.71. The molecule has 4 heterocycles. The Labute approximate surface area is 307 Å². The first-order chi connectivity index (χ1) is 24.7. The third-order valence-electron chi connectivity index (χ3n) is 12.8. The summed E-state index contributed by atoms with van der Waals surface area (Å²) in [7, 11) is 0. The number of rotatable bonds is 12. The molecule has 0 aromatic carbocycles. The summed E-state index contributed by atoms with van der Waals surface area (Å²) >= 11 is 0. The monoisotopic (exact) mass is 746 g/mol. The van der Waals surface area contributed by atoms with Gasteiger partial charge >= 0.3 is 29.8 Å². The Morgan fingerprint density at radius 1 is 1.04 bits per heavy atom. The van der Waals surface area contributed by atoms with E-state index in [0.717, 1.165) is 0 Å². The third-order valence-corrected chi connectivity index (χ3v) is 12.8. The van der Waals surface area contributed by atoms with Gasteiger partial charge in [-0.2, -0.15) is 0 Å². The molecule has 0 amide bonds. The van der Waals surface area contributed by atoms with E-state index in [2.05, 4.69) is 6.58 Å². The zero-order valence-corrected chi connectivity index (χ0v) is 31.2. The molecule has 1 aromatic rings. The number of aliphatic hydroxyl groups excluding tert-OH is 2. The average molecular weight is 747 g/mol. The first-order valence-corrected chi connectivity index (χ1v) is 18.1. The van der Waals surface area contributed by atoms with Crippen LogP contribution in [0.25, 0.3) is 0 Å². The topological polar surface area (TPSA) is 218 Å². The summed E-state index contributed by atoms with van der Waals surface area (Å²) in [5.41, 5.74) is -4.49. The lowest BCUT2D eigenvalue weighted by Crippen LogP contribution is -2.64. The van der Waals surface area contributed by atoms with Gasteiger partial charge in [-0.25, -0.2) is 9.59 Å². The predicted octanol–water partition coefficient (Wildman–Crippen LogP) is 2.70. The fourth-order valence-electron chi connectivity index (χ4n) is 10.3. The van der Waals surface area contributed by atoms with Gasteiger partial charge in [-0.1, -0.05) is 48.1 Å². The number of epoxide rings is 1. The molecule has 5 fully saturated rings. The van der Waals surface area contributed by atoms with Gasteiger partial charge in [0, 0.05) is 36.0 Å². The molecule has 292 valence electrons. The molecule has 1 aromatic heterocycles. The van der Waals surface area contributed by atoms with Crippen molar-refractivity contribution < 1.29 is 72.1 Å². The van der Waals surface area contributed by atoms with Crippen LogP contribution in [0.1, 0.15) is 79.7 Å². The first-order valence-electron chi connectivity index (χ1n) is 18.1. The first kappa shape index (κ1) is 38.9. The number of hydrogen-bond donors (Lipinski definition) is 3. The number of aliphatic hydroxyl groups is 2. The minimum Gasteiger partial charge on any atom is -0.481 e. The molecule has 1 spiro atoms. The summed E-state index contributed by atoms with van der Waals surface area (Å²) in [6.45, 7) is 17.0. The van der Waals surface area contributed by atoms with E-state index in [1.807, 2.05) is 0 Å². The molecule has 3 saturated heterocycles. The second kappa shape index (κ2) is 13.2. The van der Waals surface area contributed by atoms with E-state index < -0.39 is 137 Å². The molecule has 2 aliphatic carbocycles. The molecule has 2 saturated carbocycles. The van der Waals surface area contributed by atoms with Crippen molar-refractivity contribution >= 4 is 29.8 Å². The van der Waals surface area contributed by atoms with E-state index in [4.69, 9.17) is 32.8 Å². The standard InChI is InChI=1S/C38H50O15/c1-16(2)27(44)33(45)51-31-29-25(36(8,22(49-29)13-23(41)42)21-12-24(43)52-35(21,7)15-39)18(5)38-32(53-38)30(26(37(31,38)9)20-10-11-47-14-20)50-34(46)28(17(3)4)48-19(6)40/h10-11,14,16-17,21-22,25-32,39,44H,5,12-13,15H2,1-4,6-9H3,(H,41,42)/t21-,22-,25+,26+,27+,28+,29+,30+,31-,32+,35+,36+,37+,38+/m0/s1. The maximum Gasteiger partial charge on any atom is 0.348 e. The third kappa shape index (κ3) is 5.63. The van der Waals surface area contributed by atoms with Crippen LogP contribution in [0.4, 0.5) is 0 Å². The van der Waals surface area contributed by atoms with Crippen molar-refractivity contribution in [3.05, 3.63) is 36.3 Å². The SMILES string of the molecule is C=C1[C@@H]2[C@@H](O[C@@H](CC(=O)O)[C@@]2(C)[C@H]2CC(=O)O[C@]2(C)CO)[C@H](OC(=O)[C@H](O)C(C)C)[C@@]2(C)[C@H](c3ccoc3)[C@@H](OC(=O)[C@H](OC(C)=O)C(C)C)[C@H]3O[C@]132. The Hall–Kier alpha value is -3.79. The number of furan rings is 1. The van der Waals surface area contributed by atoms with Crippen LogP contribution in [0.15, 0.2) is 35.2 Å². The van der Waals surface area contributed by atoms with Gasteiger partial charge in [0.2, 0.25) is 6.10 Å². The highest BCUT2D eigenvalue weighted by Crippen LogP contribution is 2.78. The van der Waals surface area contributed by atoms with Crippen molar-refractivity contribution in [1.82, 2.24) is 0 Å². The second-order valence-electron chi connectivity index (χ2n) is 16.6. The maximum absolute atomic E-state index is 13.9. The van der Waals surface area contributed by atoms with Gasteiger partial charge in [0.15, 0.2) is 6.10 Å². The lowest BCUT2D eigenvalue weighted by atomic mass is 9.49. The molecule has 6 rings (SSSR count). The summed E-state index contributed by atoms with van der Waals surface area (Å²) < 4.78 is 42.5. The zero-order chi connectivity index (χ0) is 39.2. The Morgan fingerprint density at radius 3 is 2.26 bits per heavy atom. The van der Waals surface area contributed by atoms with Gasteiger partial charge in [0.05, 0.1) is 43.5 Å². The van der Waals surface area contributed by atoms with Crippen LogP contribution in [0.5, 0.6) is 0 Å². The number of hydrogen-bond acceptors (Lipinski definition) is 14. The Balaban J connectivity index is 1.54. The highest BCUT2D eigenvalue weighted by Gasteiger charge is 2.89. The number of ether oxygens (including phenoxy) is 6. The molecule has 0 unspecified atom stereocenters. The van der Waals surface area contributed by atoms with Crippen molar-refractivity contribution in [2.75, 3.05) is 6.61 Å². The normalized spacial score (nSPS) is 40.9. The number of esters is 4. The zero-order valence-electron chi connectivity index (χ0n) is 31.2. The number of carbonyl (C=O) groups is 5. The van der Waals surface area contributed by atoms with E-state index in [0.29, 0.717) is 11.1 Å². The molecule has 0 radical (unpaired) electrons. The van der Waals surface area contributed by atoms with E-state index in [-0.39, 0.29) is 6.42 Å². The van der Waals surface area contributed by atoms with E-state index in [1.54, 1.807) is 54.5 Å². The summed E-state index contributed by atoms with van der Waals surface area (Å²) in [6, 6.07) is 1.68. The predicted molar refractivity (Wildman–Crippen MR) is 179 cm³/mol. The van der Waals surface area contributed by atoms with Crippen molar-refractivity contribution in [2.24, 2.45) is 34.5 Å². The Kier molecular flexibility index (Phi) is 9.70. The maximum atomic E-state index is 13.9. The van der Waals surface area contributed by atoms with Crippen molar-refractivity contribution in [3.63, 3.8) is 0 Å². The van der Waals surface area contributed by atoms with Crippen LogP contribution in [-0.2, 0) is 52.4 Å². The molecule has 3 aliphatic heterocycles. The Bertz CT molecular complexity index is 1670. The largest absolute Gasteiger partial charge is 0.481 e. The summed E-state index contributed by atoms with van der Waals surface area (Å²) in [5, 5.41) is 31.7. The molecule has 5 aliphatic rings. The number of aliphatic carboxylic acids is 1. The van der Waals surface area contributed by atoms with Gasteiger partial charge in [-0.15, -0.1) is 0 Å². The van der Waals surface area contributed by atoms with Gasteiger partial charge in [0.1, 0.15) is 35.6 Å². The average Bonchev–Trinajstić information content (AvgIpc) is 3.28. The van der Waals surface area contributed by atoms with Crippen LogP contribution in [0, 0.1) is 34.5 Å². The molecule has 3 N–H and O–H groups in total. The van der Waals surface area contributed by atoms with Gasteiger partial charge < -0.3 is 48.2 Å². The van der Waals surface area contributed by atoms with Gasteiger partial charge in [-0.3, -0.25) is 14.4 Å². The quantitative estimate of drug-likeness (QED) is 0.121. The second-order valence-corrected chi connectivity index (χ2v) is 16.6. The molecule has 53 heavy (non-hydrogen) atoms. The summed E-state index contributed by atoms with van der Waals surface area (Å²) in [4.78, 5) is 65.0. The van der Waals surface area contributed by atoms with Gasteiger partial charge in [-0.05, 0) is 30.0 Å². The molecule has 0 bridgehead atoms. The van der Waals surface area contributed by atoms with Crippen LogP contribution in [0.3, 0.4) is 0 Å². The van der Waals surface area contributed by atoms with Gasteiger partial charge in [0.25, 0.3) is 0 Å². The molecule has 14 atom stereocenters. The van der Waals surface area contributed by atoms with Crippen LogP contribution >= 0.6 is 0 Å². The molecular weight excluding hydrogens is 696 g/mol. The number of carboxylic acids is 1. The number of carboxylic acid groups (broad SMARTS) is 1. The van der Waals surface area contributed by atoms with Crippen LogP contribution < -0.4 is 0 Å². The number of carbonyl (C=O) groups excluding carboxylic acids is 4. The molecule has 15 nitrogen and oxygen atoms in total. The number of cyclic esters (lactones) is 1. The fraction of sp³-hybridized carbons (Fsp3) is 0.711. The minimum absolute atomic E-state index is 0.167. The minimum atomic E-state index is -1.55. The van der Waals surface area contributed by atoms with Crippen molar-refractivity contribution in [2.45, 2.75) is 128 Å². The van der Waals surface area contributed by atoms with E-state index in [9.17, 15) is 39.3 Å². The van der Waals surface area contributed by atoms with E-state index in [1.165, 1.54) is 19.5 Å². The fourth-order valence-corrected chi connectivity index (χ4v) is 10.3. The highest BCUT2D eigenvalue weighted by atomic mass is 16.7.